The fourth-order valence-corrected chi connectivity index (χ4v) is 0.434. The van der Waals surface area contributed by atoms with Crippen molar-refractivity contribution in [2.45, 2.75) is 19.3 Å². The molecule has 0 unspecified atom stereocenters. The Balaban J connectivity index is 2.82. The molecule has 0 aliphatic carbocycles. The molecule has 0 spiro atoms. The third-order valence-corrected chi connectivity index (χ3v) is 0.864. The van der Waals surface area contributed by atoms with Crippen LogP contribution < -0.4 is 0 Å². The summed E-state index contributed by atoms with van der Waals surface area (Å²) in [5.41, 5.74) is 0. The van der Waals surface area contributed by atoms with Crippen LogP contribution in [0.3, 0.4) is 0 Å². The zero-order valence-electron chi connectivity index (χ0n) is 4.89. The van der Waals surface area contributed by atoms with Crippen LogP contribution in [0, 0.1) is 6.92 Å². The Labute approximate surface area is 49.5 Å². The predicted molar refractivity (Wildman–Crippen MR) is 31.3 cm³/mol. The highest BCUT2D eigenvalue weighted by atomic mass is 16.2. The number of ketones is 1. The van der Waals surface area contributed by atoms with E-state index in [1.807, 2.05) is 0 Å². The monoisotopic (exact) mass is 115 g/mol. The molecule has 0 aliphatic rings. The van der Waals surface area contributed by atoms with Crippen LogP contribution in [-0.4, -0.2) is 17.5 Å². The van der Waals surface area contributed by atoms with Crippen LogP contribution in [0.15, 0.2) is 0 Å². The molecule has 0 aromatic carbocycles. The third kappa shape index (κ3) is 5.63. The Kier molecular flexibility index (Phi) is 4.56. The molecule has 0 atom stereocenters. The number of Topliss-reactive ketones (excluding diaryl/α,β-unsaturated/α-hetero) is 1. The molecular weight excluding hydrogens is 104 g/mol. The Morgan fingerprint density at radius 3 is 2.50 bits per heavy atom. The number of hydrogen-bond acceptors (Lipinski definition) is 2. The van der Waals surface area contributed by atoms with E-state index in [1.54, 1.807) is 0 Å². The lowest BCUT2D eigenvalue weighted by Crippen LogP contribution is -1.91. The number of aliphatic hydroxyl groups excluding tert-OH is 1. The fourth-order valence-electron chi connectivity index (χ4n) is 0.434. The van der Waals surface area contributed by atoms with Gasteiger partial charge in [-0.3, -0.25) is 4.79 Å². The van der Waals surface area contributed by atoms with Crippen molar-refractivity contribution in [1.29, 1.82) is 0 Å². The molecule has 0 aromatic rings. The molecular formula is C6H11O2. The second kappa shape index (κ2) is 4.78. The third-order valence-electron chi connectivity index (χ3n) is 0.864. The van der Waals surface area contributed by atoms with E-state index in [-0.39, 0.29) is 12.4 Å². The molecule has 0 amide bonds. The van der Waals surface area contributed by atoms with Gasteiger partial charge >= 0.3 is 0 Å². The van der Waals surface area contributed by atoms with Crippen LogP contribution in [0.1, 0.15) is 19.3 Å². The van der Waals surface area contributed by atoms with Gasteiger partial charge in [0, 0.05) is 20.0 Å². The average Bonchev–Trinajstić information content (AvgIpc) is 1.66. The Bertz CT molecular complexity index is 68.9. The number of carbonyl (C=O) groups is 1. The second-order valence-electron chi connectivity index (χ2n) is 1.72. The van der Waals surface area contributed by atoms with Crippen molar-refractivity contribution in [3.63, 3.8) is 0 Å². The Hall–Kier alpha value is -0.370. The molecule has 2 heteroatoms. The SMILES string of the molecule is [CH2]C(=O)CCCCO. The van der Waals surface area contributed by atoms with E-state index in [1.165, 1.54) is 0 Å². The Morgan fingerprint density at radius 1 is 1.50 bits per heavy atom. The molecule has 1 radical (unpaired) electrons. The highest BCUT2D eigenvalue weighted by molar-refractivity contribution is 5.82. The van der Waals surface area contributed by atoms with Gasteiger partial charge in [-0.15, -0.1) is 0 Å². The van der Waals surface area contributed by atoms with Crippen LogP contribution in [0.5, 0.6) is 0 Å². The highest BCUT2D eigenvalue weighted by Crippen LogP contribution is 1.93. The van der Waals surface area contributed by atoms with Crippen molar-refractivity contribution in [3.05, 3.63) is 6.92 Å². The molecule has 1 N–H and O–H groups in total. The van der Waals surface area contributed by atoms with Gasteiger partial charge in [0.25, 0.3) is 0 Å². The van der Waals surface area contributed by atoms with E-state index in [2.05, 4.69) is 6.92 Å². The Morgan fingerprint density at radius 2 is 2.12 bits per heavy atom. The number of aliphatic hydroxyl groups is 1. The topological polar surface area (TPSA) is 37.3 Å². The van der Waals surface area contributed by atoms with Crippen LogP contribution in [-0.2, 0) is 4.79 Å². The van der Waals surface area contributed by atoms with Crippen LogP contribution in [0.2, 0.25) is 0 Å². The highest BCUT2D eigenvalue weighted by Gasteiger charge is 1.90. The summed E-state index contributed by atoms with van der Waals surface area (Å²) in [6, 6.07) is 0. The van der Waals surface area contributed by atoms with Crippen molar-refractivity contribution in [1.82, 2.24) is 0 Å². The lowest BCUT2D eigenvalue weighted by atomic mass is 10.2. The minimum absolute atomic E-state index is 0.0431. The van der Waals surface area contributed by atoms with Gasteiger partial charge in [0.05, 0.1) is 0 Å². The summed E-state index contributed by atoms with van der Waals surface area (Å²) in [6.07, 6.45) is 1.97. The van der Waals surface area contributed by atoms with Gasteiger partial charge in [0.2, 0.25) is 0 Å². The minimum Gasteiger partial charge on any atom is -0.396 e. The zero-order valence-corrected chi connectivity index (χ0v) is 4.89. The average molecular weight is 115 g/mol. The van der Waals surface area contributed by atoms with Gasteiger partial charge in [-0.25, -0.2) is 0 Å². The molecule has 0 aromatic heterocycles. The maximum atomic E-state index is 10.1. The molecule has 8 heavy (non-hydrogen) atoms. The molecule has 2 nitrogen and oxygen atoms in total. The summed E-state index contributed by atoms with van der Waals surface area (Å²) in [5.74, 6) is -0.0431. The van der Waals surface area contributed by atoms with E-state index >= 15 is 0 Å². The largest absolute Gasteiger partial charge is 0.396 e. The number of carbonyl (C=O) groups excluding carboxylic acids is 1. The summed E-state index contributed by atoms with van der Waals surface area (Å²) in [4.78, 5) is 10.1. The summed E-state index contributed by atoms with van der Waals surface area (Å²) >= 11 is 0. The molecule has 0 heterocycles. The molecule has 0 aliphatic heterocycles. The standard InChI is InChI=1S/C6H11O2/c1-6(8)4-2-3-5-7/h7H,1-5H2. The lowest BCUT2D eigenvalue weighted by molar-refractivity contribution is -0.115. The van der Waals surface area contributed by atoms with Crippen LogP contribution >= 0.6 is 0 Å². The van der Waals surface area contributed by atoms with Crippen molar-refractivity contribution in [3.8, 4) is 0 Å². The van der Waals surface area contributed by atoms with Crippen molar-refractivity contribution in [2.75, 3.05) is 6.61 Å². The van der Waals surface area contributed by atoms with Crippen LogP contribution in [0.25, 0.3) is 0 Å². The number of hydrogen-bond donors (Lipinski definition) is 1. The fraction of sp³-hybridized carbons (Fsp3) is 0.667. The van der Waals surface area contributed by atoms with E-state index in [0.29, 0.717) is 12.8 Å². The summed E-state index contributed by atoms with van der Waals surface area (Å²) in [6.45, 7) is 3.36. The molecule has 0 rings (SSSR count). The molecule has 0 saturated heterocycles. The number of rotatable bonds is 4. The first kappa shape index (κ1) is 7.63. The van der Waals surface area contributed by atoms with Crippen molar-refractivity contribution in [2.24, 2.45) is 0 Å². The summed E-state index contributed by atoms with van der Waals surface area (Å²) < 4.78 is 0. The summed E-state index contributed by atoms with van der Waals surface area (Å²) in [5, 5.41) is 8.25. The van der Waals surface area contributed by atoms with Gasteiger partial charge in [-0.2, -0.15) is 0 Å². The smallest absolute Gasteiger partial charge is 0.133 e. The second-order valence-corrected chi connectivity index (χ2v) is 1.72. The molecule has 47 valence electrons. The summed E-state index contributed by atoms with van der Waals surface area (Å²) in [7, 11) is 0. The first-order valence-electron chi connectivity index (χ1n) is 2.73. The van der Waals surface area contributed by atoms with Gasteiger partial charge in [0.1, 0.15) is 5.78 Å². The van der Waals surface area contributed by atoms with E-state index in [0.717, 1.165) is 6.42 Å². The lowest BCUT2D eigenvalue weighted by Gasteiger charge is -1.90. The zero-order chi connectivity index (χ0) is 6.41. The van der Waals surface area contributed by atoms with Crippen molar-refractivity contribution >= 4 is 5.78 Å². The number of unbranched alkanes of at least 4 members (excludes halogenated alkanes) is 1. The first-order chi connectivity index (χ1) is 3.77. The maximum Gasteiger partial charge on any atom is 0.133 e. The predicted octanol–water partition coefficient (Wildman–Crippen LogP) is 0.552. The molecule has 0 fully saturated rings. The van der Waals surface area contributed by atoms with Gasteiger partial charge in [-0.05, 0) is 12.8 Å². The van der Waals surface area contributed by atoms with Gasteiger partial charge < -0.3 is 5.11 Å². The molecule has 0 saturated carbocycles. The van der Waals surface area contributed by atoms with Gasteiger partial charge in [-0.1, -0.05) is 0 Å². The van der Waals surface area contributed by atoms with Crippen LogP contribution in [0.4, 0.5) is 0 Å². The maximum absolute atomic E-state index is 10.1. The van der Waals surface area contributed by atoms with E-state index < -0.39 is 0 Å². The quantitative estimate of drug-likeness (QED) is 0.543. The molecule has 0 bridgehead atoms. The van der Waals surface area contributed by atoms with E-state index in [9.17, 15) is 4.79 Å². The normalized spacial score (nSPS) is 9.25. The van der Waals surface area contributed by atoms with E-state index in [4.69, 9.17) is 5.11 Å². The minimum atomic E-state index is -0.0431. The van der Waals surface area contributed by atoms with Gasteiger partial charge in [0.15, 0.2) is 0 Å². The van der Waals surface area contributed by atoms with Crippen molar-refractivity contribution < 1.29 is 9.90 Å². The first-order valence-corrected chi connectivity index (χ1v) is 2.73.